The predicted molar refractivity (Wildman–Crippen MR) is 101 cm³/mol. The Kier molecular flexibility index (Phi) is 6.58. The molecule has 7 heteroatoms. The minimum Gasteiger partial charge on any atom is -0.456 e. The molecule has 1 aliphatic rings. The van der Waals surface area contributed by atoms with Crippen molar-refractivity contribution in [3.63, 3.8) is 0 Å². The molecule has 1 aliphatic heterocycles. The number of amides is 1. The number of piperidine rings is 1. The van der Waals surface area contributed by atoms with Gasteiger partial charge in [0.15, 0.2) is 0 Å². The topological polar surface area (TPSA) is 74.8 Å². The van der Waals surface area contributed by atoms with Crippen LogP contribution >= 0.6 is 0 Å². The van der Waals surface area contributed by atoms with Gasteiger partial charge in [0.1, 0.15) is 5.60 Å². The molecule has 0 unspecified atom stereocenters. The molecule has 1 amide bonds. The van der Waals surface area contributed by atoms with Crippen molar-refractivity contribution >= 4 is 17.6 Å². The van der Waals surface area contributed by atoms with Crippen LogP contribution in [-0.4, -0.2) is 60.2 Å². The average Bonchev–Trinajstić information content (AvgIpc) is 2.58. The number of nitrogens with zero attached hydrogens (tertiary/aromatic N) is 3. The van der Waals surface area contributed by atoms with E-state index in [9.17, 15) is 9.59 Å². The summed E-state index contributed by atoms with van der Waals surface area (Å²) in [7, 11) is 1.92. The van der Waals surface area contributed by atoms with Crippen LogP contribution in [0.15, 0.2) is 18.5 Å². The Labute approximate surface area is 155 Å². The molecule has 0 atom stereocenters. The van der Waals surface area contributed by atoms with Crippen LogP contribution in [0.5, 0.6) is 0 Å². The van der Waals surface area contributed by atoms with Crippen LogP contribution in [0.1, 0.15) is 50.9 Å². The third-order valence-electron chi connectivity index (χ3n) is 4.39. The van der Waals surface area contributed by atoms with E-state index in [-0.39, 0.29) is 11.9 Å². The smallest absolute Gasteiger partial charge is 0.340 e. The zero-order valence-electron chi connectivity index (χ0n) is 16.4. The van der Waals surface area contributed by atoms with Crippen LogP contribution in [0.25, 0.3) is 0 Å². The number of anilines is 1. The quantitative estimate of drug-likeness (QED) is 0.638. The standard InChI is InChI=1S/C19H30N4O3/c1-14(24)23-10-7-15(8-11-23)21-13-22(5)17-12-20-9-6-16(17)18(25)26-19(2,3)4/h6,9,12,15,21H,7-8,10-11,13H2,1-5H3. The summed E-state index contributed by atoms with van der Waals surface area (Å²) in [4.78, 5) is 31.8. The van der Waals surface area contributed by atoms with E-state index in [1.165, 1.54) is 0 Å². The summed E-state index contributed by atoms with van der Waals surface area (Å²) in [6.07, 6.45) is 5.14. The number of ether oxygens (including phenoxy) is 1. The van der Waals surface area contributed by atoms with Crippen LogP contribution in [0.4, 0.5) is 5.69 Å². The minimum absolute atomic E-state index is 0.137. The van der Waals surface area contributed by atoms with Crippen LogP contribution in [-0.2, 0) is 9.53 Å². The lowest BCUT2D eigenvalue weighted by atomic mass is 10.1. The minimum atomic E-state index is -0.543. The third-order valence-corrected chi connectivity index (χ3v) is 4.39. The van der Waals surface area contributed by atoms with Gasteiger partial charge in [-0.2, -0.15) is 0 Å². The second kappa shape index (κ2) is 8.49. The number of nitrogens with one attached hydrogen (secondary N) is 1. The number of carbonyl (C=O) groups is 2. The first-order chi connectivity index (χ1) is 12.2. The van der Waals surface area contributed by atoms with Gasteiger partial charge in [0.05, 0.1) is 24.1 Å². The summed E-state index contributed by atoms with van der Waals surface area (Å²) in [6, 6.07) is 2.04. The summed E-state index contributed by atoms with van der Waals surface area (Å²) in [5.74, 6) is -0.213. The number of rotatable bonds is 5. The van der Waals surface area contributed by atoms with Crippen molar-refractivity contribution in [2.24, 2.45) is 0 Å². The molecule has 1 fully saturated rings. The molecule has 2 rings (SSSR count). The Balaban J connectivity index is 1.95. The van der Waals surface area contributed by atoms with Crippen molar-refractivity contribution in [1.29, 1.82) is 0 Å². The Hall–Kier alpha value is -2.15. The normalized spacial score (nSPS) is 15.7. The van der Waals surface area contributed by atoms with E-state index >= 15 is 0 Å². The van der Waals surface area contributed by atoms with Gasteiger partial charge < -0.3 is 14.5 Å². The summed E-state index contributed by atoms with van der Waals surface area (Å²) in [6.45, 7) is 9.33. The molecule has 1 N–H and O–H groups in total. The maximum absolute atomic E-state index is 12.5. The van der Waals surface area contributed by atoms with Crippen LogP contribution in [0.2, 0.25) is 0 Å². The second-order valence-corrected chi connectivity index (χ2v) is 7.74. The molecule has 0 aliphatic carbocycles. The fourth-order valence-electron chi connectivity index (χ4n) is 2.95. The predicted octanol–water partition coefficient (Wildman–Crippen LogP) is 2.03. The number of hydrogen-bond donors (Lipinski definition) is 1. The lowest BCUT2D eigenvalue weighted by Crippen LogP contribution is -2.47. The summed E-state index contributed by atoms with van der Waals surface area (Å²) < 4.78 is 5.49. The fraction of sp³-hybridized carbons (Fsp3) is 0.632. The van der Waals surface area contributed by atoms with Crippen LogP contribution < -0.4 is 10.2 Å². The number of esters is 1. The zero-order valence-corrected chi connectivity index (χ0v) is 16.4. The molecule has 0 spiro atoms. The molecule has 7 nitrogen and oxygen atoms in total. The summed E-state index contributed by atoms with van der Waals surface area (Å²) in [5, 5.41) is 3.50. The Bertz CT molecular complexity index is 634. The highest BCUT2D eigenvalue weighted by Crippen LogP contribution is 2.21. The van der Waals surface area contributed by atoms with E-state index in [0.717, 1.165) is 31.6 Å². The van der Waals surface area contributed by atoms with Gasteiger partial charge in [-0.3, -0.25) is 15.1 Å². The molecule has 2 heterocycles. The van der Waals surface area contributed by atoms with Gasteiger partial charge in [-0.1, -0.05) is 0 Å². The van der Waals surface area contributed by atoms with Crippen molar-refractivity contribution in [3.05, 3.63) is 24.0 Å². The van der Waals surface area contributed by atoms with E-state index in [0.29, 0.717) is 18.3 Å². The highest BCUT2D eigenvalue weighted by Gasteiger charge is 2.23. The lowest BCUT2D eigenvalue weighted by molar-refractivity contribution is -0.129. The summed E-state index contributed by atoms with van der Waals surface area (Å²) in [5.41, 5.74) is 0.695. The molecular formula is C19H30N4O3. The van der Waals surface area contributed by atoms with E-state index < -0.39 is 5.60 Å². The van der Waals surface area contributed by atoms with Gasteiger partial charge in [-0.15, -0.1) is 0 Å². The molecule has 0 radical (unpaired) electrons. The number of pyridine rings is 1. The first-order valence-electron chi connectivity index (χ1n) is 9.05. The largest absolute Gasteiger partial charge is 0.456 e. The monoisotopic (exact) mass is 362 g/mol. The zero-order chi connectivity index (χ0) is 19.3. The van der Waals surface area contributed by atoms with E-state index in [4.69, 9.17) is 4.74 Å². The van der Waals surface area contributed by atoms with Gasteiger partial charge in [-0.25, -0.2) is 4.79 Å². The first-order valence-corrected chi connectivity index (χ1v) is 9.05. The van der Waals surface area contributed by atoms with Gasteiger partial charge >= 0.3 is 5.97 Å². The van der Waals surface area contributed by atoms with Gasteiger partial charge in [0.2, 0.25) is 5.91 Å². The third kappa shape index (κ3) is 5.69. The highest BCUT2D eigenvalue weighted by atomic mass is 16.6. The molecule has 26 heavy (non-hydrogen) atoms. The molecule has 1 aromatic heterocycles. The lowest BCUT2D eigenvalue weighted by Gasteiger charge is -2.33. The van der Waals surface area contributed by atoms with Crippen molar-refractivity contribution < 1.29 is 14.3 Å². The average molecular weight is 362 g/mol. The molecule has 0 aromatic carbocycles. The maximum Gasteiger partial charge on any atom is 0.340 e. The molecule has 1 saturated heterocycles. The van der Waals surface area contributed by atoms with E-state index in [1.54, 1.807) is 25.4 Å². The van der Waals surface area contributed by atoms with Crippen LogP contribution in [0, 0.1) is 0 Å². The molecule has 0 saturated carbocycles. The fourth-order valence-corrected chi connectivity index (χ4v) is 2.95. The molecule has 144 valence electrons. The Morgan fingerprint density at radius 2 is 2.00 bits per heavy atom. The second-order valence-electron chi connectivity index (χ2n) is 7.74. The Morgan fingerprint density at radius 3 is 2.58 bits per heavy atom. The van der Waals surface area contributed by atoms with Crippen LogP contribution in [0.3, 0.4) is 0 Å². The SMILES string of the molecule is CC(=O)N1CCC(NCN(C)c2cnccc2C(=O)OC(C)(C)C)CC1. The molecule has 0 bridgehead atoms. The number of aromatic nitrogens is 1. The summed E-state index contributed by atoms with van der Waals surface area (Å²) >= 11 is 0. The maximum atomic E-state index is 12.5. The van der Waals surface area contributed by atoms with Crippen molar-refractivity contribution in [2.45, 2.75) is 52.2 Å². The van der Waals surface area contributed by atoms with Gasteiger partial charge in [-0.05, 0) is 39.7 Å². The Morgan fingerprint density at radius 1 is 1.35 bits per heavy atom. The van der Waals surface area contributed by atoms with Crippen molar-refractivity contribution in [1.82, 2.24) is 15.2 Å². The van der Waals surface area contributed by atoms with E-state index in [1.807, 2.05) is 37.6 Å². The molecular weight excluding hydrogens is 332 g/mol. The highest BCUT2D eigenvalue weighted by molar-refractivity contribution is 5.95. The number of carbonyl (C=O) groups excluding carboxylic acids is 2. The number of hydrogen-bond acceptors (Lipinski definition) is 6. The van der Waals surface area contributed by atoms with Crippen molar-refractivity contribution in [3.8, 4) is 0 Å². The first kappa shape index (κ1) is 20.2. The van der Waals surface area contributed by atoms with Gasteiger partial charge in [0, 0.05) is 39.3 Å². The molecule has 1 aromatic rings. The van der Waals surface area contributed by atoms with E-state index in [2.05, 4.69) is 10.3 Å². The van der Waals surface area contributed by atoms with Gasteiger partial charge in [0.25, 0.3) is 0 Å². The number of likely N-dealkylation sites (tertiary alicyclic amines) is 1. The van der Waals surface area contributed by atoms with Crippen molar-refractivity contribution in [2.75, 3.05) is 31.7 Å².